The fourth-order valence-corrected chi connectivity index (χ4v) is 3.81. The van der Waals surface area contributed by atoms with Crippen molar-refractivity contribution in [3.05, 3.63) is 58.9 Å². The van der Waals surface area contributed by atoms with Crippen LogP contribution in [0.15, 0.2) is 46.3 Å². The first-order valence-electron chi connectivity index (χ1n) is 6.96. The van der Waals surface area contributed by atoms with Gasteiger partial charge in [0.1, 0.15) is 23.8 Å². The smallest absolute Gasteiger partial charge is 0.272 e. The maximum Gasteiger partial charge on any atom is 0.272 e. The predicted octanol–water partition coefficient (Wildman–Crippen LogP) is 5.00. The van der Waals surface area contributed by atoms with Gasteiger partial charge in [-0.25, -0.2) is 4.85 Å². The van der Waals surface area contributed by atoms with Gasteiger partial charge in [0.05, 0.1) is 12.0 Å². The van der Waals surface area contributed by atoms with E-state index in [1.807, 2.05) is 25.2 Å². The molecule has 106 valence electrons. The van der Waals surface area contributed by atoms with Gasteiger partial charge >= 0.3 is 0 Å². The Labute approximate surface area is 131 Å². The Balaban J connectivity index is 2.15. The lowest BCUT2D eigenvalue weighted by atomic mass is 10.0. The molecule has 0 aliphatic heterocycles. The lowest BCUT2D eigenvalue weighted by Crippen LogP contribution is -2.26. The minimum atomic E-state index is 0.603. The number of thiazole rings is 1. The summed E-state index contributed by atoms with van der Waals surface area (Å²) in [6.07, 6.45) is 2.05. The number of hydrogen-bond donors (Lipinski definition) is 0. The van der Waals surface area contributed by atoms with Crippen LogP contribution in [0.1, 0.15) is 5.56 Å². The van der Waals surface area contributed by atoms with E-state index in [-0.39, 0.29) is 0 Å². The summed E-state index contributed by atoms with van der Waals surface area (Å²) in [7, 11) is 2.05. The summed E-state index contributed by atoms with van der Waals surface area (Å²) in [6.45, 7) is 9.26. The fourth-order valence-electron chi connectivity index (χ4n) is 2.83. The quantitative estimate of drug-likeness (QED) is 0.358. The van der Waals surface area contributed by atoms with E-state index in [1.165, 1.54) is 10.6 Å². The van der Waals surface area contributed by atoms with E-state index in [9.17, 15) is 0 Å². The molecule has 0 unspecified atom stereocenters. The molecule has 2 heterocycles. The first-order chi connectivity index (χ1) is 10.7. The number of furan rings is 1. The number of aryl methyl sites for hydroxylation is 2. The second-order valence-electron chi connectivity index (χ2n) is 5.35. The van der Waals surface area contributed by atoms with Crippen molar-refractivity contribution in [2.24, 2.45) is 7.05 Å². The molecule has 0 N–H and O–H groups in total. The standard InChI is InChI=1S/C18H13N2OS/c1-11-4-6-14-13-7-5-12(19-2)10-15(13)21-17(14)16(11)18-20(3)8-9-22-18/h4-10H,1,3H3/q+1. The summed E-state index contributed by atoms with van der Waals surface area (Å²) < 4.78 is 8.25. The molecule has 0 saturated heterocycles. The van der Waals surface area contributed by atoms with Gasteiger partial charge in [-0.1, -0.05) is 35.6 Å². The summed E-state index contributed by atoms with van der Waals surface area (Å²) in [5.74, 6) is 0. The number of fused-ring (bicyclic) bond motifs is 3. The summed E-state index contributed by atoms with van der Waals surface area (Å²) in [5, 5.41) is 5.41. The minimum absolute atomic E-state index is 0.603. The van der Waals surface area contributed by atoms with Crippen LogP contribution in [0.5, 0.6) is 0 Å². The average Bonchev–Trinajstić information content (AvgIpc) is 3.10. The molecule has 0 aliphatic rings. The van der Waals surface area contributed by atoms with E-state index in [1.54, 1.807) is 11.3 Å². The Morgan fingerprint density at radius 2 is 2.00 bits per heavy atom. The van der Waals surface area contributed by atoms with Crippen molar-refractivity contribution < 1.29 is 8.98 Å². The third kappa shape index (κ3) is 1.76. The number of rotatable bonds is 1. The van der Waals surface area contributed by atoms with E-state index in [2.05, 4.69) is 40.0 Å². The molecule has 0 spiro atoms. The van der Waals surface area contributed by atoms with Crippen molar-refractivity contribution in [2.75, 3.05) is 0 Å². The SMILES string of the molecule is [C-]#[N+]c1ccc2c(c1)oc1c(-c3scc[n+]3C)c(C)ccc12. The maximum atomic E-state index is 7.15. The Kier molecular flexibility index (Phi) is 2.78. The van der Waals surface area contributed by atoms with Crippen LogP contribution in [0.2, 0.25) is 0 Å². The molecule has 22 heavy (non-hydrogen) atoms. The Hall–Kier alpha value is -2.64. The molecule has 0 fully saturated rings. The first kappa shape index (κ1) is 13.1. The number of nitrogens with zero attached hydrogens (tertiary/aromatic N) is 2. The second kappa shape index (κ2) is 4.69. The molecular weight excluding hydrogens is 292 g/mol. The van der Waals surface area contributed by atoms with E-state index < -0.39 is 0 Å². The zero-order valence-electron chi connectivity index (χ0n) is 12.3. The third-order valence-corrected chi connectivity index (χ3v) is 4.93. The van der Waals surface area contributed by atoms with Gasteiger partial charge < -0.3 is 4.42 Å². The van der Waals surface area contributed by atoms with Crippen LogP contribution in [0.25, 0.3) is 37.4 Å². The van der Waals surface area contributed by atoms with E-state index in [4.69, 9.17) is 11.0 Å². The van der Waals surface area contributed by atoms with E-state index in [0.29, 0.717) is 5.69 Å². The van der Waals surface area contributed by atoms with Gasteiger partial charge in [0.25, 0.3) is 5.01 Å². The molecule has 0 saturated carbocycles. The zero-order valence-corrected chi connectivity index (χ0v) is 13.1. The van der Waals surface area contributed by atoms with Gasteiger partial charge in [0.15, 0.2) is 11.9 Å². The van der Waals surface area contributed by atoms with Crippen molar-refractivity contribution >= 4 is 39.0 Å². The zero-order chi connectivity index (χ0) is 15.3. The summed E-state index contributed by atoms with van der Waals surface area (Å²) in [6, 6.07) is 9.87. The number of aromatic nitrogens is 1. The molecule has 2 aromatic heterocycles. The Morgan fingerprint density at radius 1 is 1.18 bits per heavy atom. The normalized spacial score (nSPS) is 11.1. The Morgan fingerprint density at radius 3 is 2.73 bits per heavy atom. The highest BCUT2D eigenvalue weighted by Crippen LogP contribution is 2.38. The molecule has 0 radical (unpaired) electrons. The van der Waals surface area contributed by atoms with Gasteiger partial charge in [0, 0.05) is 10.8 Å². The van der Waals surface area contributed by atoms with Crippen LogP contribution < -0.4 is 4.57 Å². The van der Waals surface area contributed by atoms with Gasteiger partial charge in [-0.15, -0.1) is 0 Å². The van der Waals surface area contributed by atoms with Gasteiger partial charge in [-0.2, -0.15) is 4.57 Å². The van der Waals surface area contributed by atoms with Crippen molar-refractivity contribution in [1.82, 2.24) is 0 Å². The van der Waals surface area contributed by atoms with Crippen molar-refractivity contribution in [2.45, 2.75) is 6.92 Å². The van der Waals surface area contributed by atoms with Crippen molar-refractivity contribution in [3.8, 4) is 10.6 Å². The highest BCUT2D eigenvalue weighted by molar-refractivity contribution is 7.12. The fraction of sp³-hybridized carbons (Fsp3) is 0.111. The molecule has 0 atom stereocenters. The average molecular weight is 305 g/mol. The van der Waals surface area contributed by atoms with Crippen LogP contribution in [-0.2, 0) is 7.05 Å². The third-order valence-electron chi connectivity index (χ3n) is 3.96. The van der Waals surface area contributed by atoms with Crippen LogP contribution in [0.3, 0.4) is 0 Å². The molecule has 4 aromatic rings. The van der Waals surface area contributed by atoms with Crippen molar-refractivity contribution in [3.63, 3.8) is 0 Å². The summed E-state index contributed by atoms with van der Waals surface area (Å²) >= 11 is 1.70. The minimum Gasteiger partial charge on any atom is -0.456 e. The first-order valence-corrected chi connectivity index (χ1v) is 7.84. The maximum absolute atomic E-state index is 7.15. The van der Waals surface area contributed by atoms with Gasteiger partial charge in [0.2, 0.25) is 0 Å². The second-order valence-corrected chi connectivity index (χ2v) is 6.24. The molecule has 0 aliphatic carbocycles. The predicted molar refractivity (Wildman–Crippen MR) is 89.2 cm³/mol. The van der Waals surface area contributed by atoms with Crippen LogP contribution in [0, 0.1) is 13.5 Å². The molecule has 3 nitrogen and oxygen atoms in total. The van der Waals surface area contributed by atoms with Crippen LogP contribution >= 0.6 is 11.3 Å². The lowest BCUT2D eigenvalue weighted by molar-refractivity contribution is -0.655. The largest absolute Gasteiger partial charge is 0.456 e. The van der Waals surface area contributed by atoms with Crippen LogP contribution in [0.4, 0.5) is 5.69 Å². The highest BCUT2D eigenvalue weighted by atomic mass is 32.1. The monoisotopic (exact) mass is 305 g/mol. The molecule has 0 bridgehead atoms. The van der Waals surface area contributed by atoms with Crippen LogP contribution in [-0.4, -0.2) is 0 Å². The number of benzene rings is 2. The van der Waals surface area contributed by atoms with Gasteiger partial charge in [-0.05, 0) is 18.6 Å². The van der Waals surface area contributed by atoms with Gasteiger partial charge in [-0.3, -0.25) is 0 Å². The van der Waals surface area contributed by atoms with E-state index in [0.717, 1.165) is 27.5 Å². The van der Waals surface area contributed by atoms with Crippen molar-refractivity contribution in [1.29, 1.82) is 0 Å². The highest BCUT2D eigenvalue weighted by Gasteiger charge is 2.21. The number of hydrogen-bond acceptors (Lipinski definition) is 2. The molecule has 2 aromatic carbocycles. The Bertz CT molecular complexity index is 1070. The molecule has 4 rings (SSSR count). The molecule has 0 amide bonds. The summed E-state index contributed by atoms with van der Waals surface area (Å²) in [5.41, 5.74) is 4.60. The molecule has 4 heteroatoms. The topological polar surface area (TPSA) is 21.4 Å². The lowest BCUT2D eigenvalue weighted by Gasteiger charge is -2.01. The summed E-state index contributed by atoms with van der Waals surface area (Å²) in [4.78, 5) is 3.48. The molecular formula is C18H13N2OS+. The van der Waals surface area contributed by atoms with E-state index >= 15 is 0 Å².